The van der Waals surface area contributed by atoms with Crippen LogP contribution >= 0.6 is 62.0 Å². The Hall–Kier alpha value is 1.42. The van der Waals surface area contributed by atoms with Crippen LogP contribution in [0.3, 0.4) is 0 Å². The molecule has 0 spiro atoms. The normalized spacial score (nSPS) is 26.3. The smallest absolute Gasteiger partial charge is 0.302 e. The lowest BCUT2D eigenvalue weighted by molar-refractivity contribution is -0.0759. The van der Waals surface area contributed by atoms with E-state index in [0.717, 1.165) is 0 Å². The highest BCUT2D eigenvalue weighted by Crippen LogP contribution is 2.68. The number of hydrogen-bond donors (Lipinski definition) is 2. The van der Waals surface area contributed by atoms with Crippen LogP contribution in [-0.4, -0.2) is 45.5 Å². The van der Waals surface area contributed by atoms with Gasteiger partial charge in [0.1, 0.15) is 0 Å². The van der Waals surface area contributed by atoms with Crippen LogP contribution in [0.15, 0.2) is 0 Å². The van der Waals surface area contributed by atoms with Crippen molar-refractivity contribution >= 4 is 62.0 Å². The summed E-state index contributed by atoms with van der Waals surface area (Å²) in [6.45, 7) is -0.0998. The molecular formula is C12H22Cl4O7P2. The molecule has 0 aromatic carbocycles. The zero-order valence-corrected chi connectivity index (χ0v) is 18.2. The van der Waals surface area contributed by atoms with E-state index in [1.54, 1.807) is 0 Å². The molecule has 0 aromatic heterocycles. The fraction of sp³-hybridized carbons (Fsp3) is 1.00. The summed E-state index contributed by atoms with van der Waals surface area (Å²) in [6.07, 6.45) is 1.69. The summed E-state index contributed by atoms with van der Waals surface area (Å²) in [7, 11) is -9.67. The molecule has 0 aromatic rings. The van der Waals surface area contributed by atoms with Crippen LogP contribution in [0.2, 0.25) is 0 Å². The predicted molar refractivity (Wildman–Crippen MR) is 98.9 cm³/mol. The number of halogens is 4. The topological polar surface area (TPSA) is 102 Å². The van der Waals surface area contributed by atoms with Crippen LogP contribution < -0.4 is 0 Å². The molecule has 1 aliphatic rings. The fourth-order valence-electron chi connectivity index (χ4n) is 3.33. The highest BCUT2D eigenvalue weighted by atomic mass is 35.5. The third-order valence-electron chi connectivity index (χ3n) is 4.43. The summed E-state index contributed by atoms with van der Waals surface area (Å²) in [5.74, 6) is 0.824. The first-order valence-electron chi connectivity index (χ1n) is 7.58. The molecule has 25 heavy (non-hydrogen) atoms. The van der Waals surface area contributed by atoms with Crippen molar-refractivity contribution in [3.63, 3.8) is 0 Å². The summed E-state index contributed by atoms with van der Waals surface area (Å²) in [6, 6.07) is 0. The van der Waals surface area contributed by atoms with Crippen molar-refractivity contribution in [1.82, 2.24) is 0 Å². The van der Waals surface area contributed by atoms with E-state index in [1.165, 1.54) is 0 Å². The molecule has 0 bridgehead atoms. The SMILES string of the molecule is O=P(O)(O)OP1(=O)OCCC(CCCl)(CCCl)C(CCCl)(CCCl)O1. The number of alkyl halides is 4. The Balaban J connectivity index is 3.43. The molecule has 1 rings (SSSR count). The zero-order chi connectivity index (χ0) is 19.2. The Morgan fingerprint density at radius 2 is 1.48 bits per heavy atom. The van der Waals surface area contributed by atoms with E-state index in [-0.39, 0.29) is 43.0 Å². The molecule has 1 heterocycles. The van der Waals surface area contributed by atoms with Crippen LogP contribution in [-0.2, 0) is 22.5 Å². The predicted octanol–water partition coefficient (Wildman–Crippen LogP) is 4.88. The third-order valence-corrected chi connectivity index (χ3v) is 7.91. The molecule has 13 heteroatoms. The first-order valence-corrected chi connectivity index (χ1v) is 12.7. The summed E-state index contributed by atoms with van der Waals surface area (Å²) in [4.78, 5) is 18.1. The van der Waals surface area contributed by atoms with Crippen molar-refractivity contribution in [2.24, 2.45) is 5.41 Å². The Morgan fingerprint density at radius 3 is 1.88 bits per heavy atom. The number of phosphoric ester groups is 1. The third kappa shape index (κ3) is 6.47. The van der Waals surface area contributed by atoms with Gasteiger partial charge in [-0.1, -0.05) is 0 Å². The van der Waals surface area contributed by atoms with Gasteiger partial charge >= 0.3 is 15.6 Å². The minimum atomic E-state index is -5.12. The van der Waals surface area contributed by atoms with Crippen molar-refractivity contribution in [3.05, 3.63) is 0 Å². The van der Waals surface area contributed by atoms with Crippen molar-refractivity contribution < 1.29 is 32.3 Å². The number of phosphoric acid groups is 2. The molecule has 7 nitrogen and oxygen atoms in total. The Bertz CT molecular complexity index is 504. The van der Waals surface area contributed by atoms with Gasteiger partial charge in [-0.2, -0.15) is 4.31 Å². The molecule has 1 atom stereocenters. The maximum atomic E-state index is 12.8. The summed E-state index contributed by atoms with van der Waals surface area (Å²) in [5, 5.41) is 0. The molecule has 2 N–H and O–H groups in total. The second-order valence-electron chi connectivity index (χ2n) is 5.72. The van der Waals surface area contributed by atoms with Gasteiger partial charge < -0.3 is 9.79 Å². The van der Waals surface area contributed by atoms with Crippen LogP contribution in [0.1, 0.15) is 32.1 Å². The molecule has 0 aliphatic carbocycles. The van der Waals surface area contributed by atoms with Gasteiger partial charge in [-0.25, -0.2) is 9.13 Å². The van der Waals surface area contributed by atoms with Gasteiger partial charge in [0.2, 0.25) is 0 Å². The molecule has 1 aliphatic heterocycles. The molecular weight excluding hydrogens is 460 g/mol. The Labute approximate surface area is 167 Å². The lowest BCUT2D eigenvalue weighted by Crippen LogP contribution is -2.51. The van der Waals surface area contributed by atoms with Crippen LogP contribution in [0.25, 0.3) is 0 Å². The lowest BCUT2D eigenvalue weighted by atomic mass is 9.63. The van der Waals surface area contributed by atoms with Gasteiger partial charge in [0.15, 0.2) is 0 Å². The lowest BCUT2D eigenvalue weighted by Gasteiger charge is -2.49. The molecule has 0 saturated carbocycles. The van der Waals surface area contributed by atoms with E-state index in [0.29, 0.717) is 19.3 Å². The second-order valence-corrected chi connectivity index (χ2v) is 10.2. The summed E-state index contributed by atoms with van der Waals surface area (Å²) < 4.78 is 39.2. The van der Waals surface area contributed by atoms with E-state index in [2.05, 4.69) is 4.31 Å². The first-order chi connectivity index (χ1) is 11.6. The van der Waals surface area contributed by atoms with Gasteiger partial charge in [-0.15, -0.1) is 46.4 Å². The van der Waals surface area contributed by atoms with Gasteiger partial charge in [-0.05, 0) is 32.1 Å². The highest BCUT2D eigenvalue weighted by Gasteiger charge is 2.57. The van der Waals surface area contributed by atoms with Crippen LogP contribution in [0.5, 0.6) is 0 Å². The van der Waals surface area contributed by atoms with Gasteiger partial charge in [0, 0.05) is 28.9 Å². The van der Waals surface area contributed by atoms with Crippen molar-refractivity contribution in [1.29, 1.82) is 0 Å². The van der Waals surface area contributed by atoms with E-state index in [4.69, 9.17) is 65.2 Å². The quantitative estimate of drug-likeness (QED) is 0.338. The molecule has 1 saturated heterocycles. The Kier molecular flexibility index (Phi) is 10.0. The van der Waals surface area contributed by atoms with E-state index in [1.807, 2.05) is 0 Å². The molecule has 0 radical (unpaired) electrons. The maximum Gasteiger partial charge on any atom is 0.484 e. The monoisotopic (exact) mass is 480 g/mol. The fourth-order valence-corrected chi connectivity index (χ4v) is 7.20. The average molecular weight is 482 g/mol. The van der Waals surface area contributed by atoms with E-state index in [9.17, 15) is 9.13 Å². The maximum absolute atomic E-state index is 12.8. The van der Waals surface area contributed by atoms with Crippen LogP contribution in [0.4, 0.5) is 0 Å². The zero-order valence-electron chi connectivity index (χ0n) is 13.4. The molecule has 1 unspecified atom stereocenters. The van der Waals surface area contributed by atoms with Crippen molar-refractivity contribution in [2.75, 3.05) is 30.1 Å². The van der Waals surface area contributed by atoms with E-state index >= 15 is 0 Å². The van der Waals surface area contributed by atoms with Gasteiger partial charge in [-0.3, -0.25) is 9.05 Å². The number of hydrogen-bond acceptors (Lipinski definition) is 5. The summed E-state index contributed by atoms with van der Waals surface area (Å²) in [5.41, 5.74) is -1.88. The van der Waals surface area contributed by atoms with E-state index < -0.39 is 26.7 Å². The molecule has 150 valence electrons. The average Bonchev–Trinajstić information content (AvgIpc) is 2.55. The Morgan fingerprint density at radius 1 is 1.00 bits per heavy atom. The second kappa shape index (κ2) is 10.3. The van der Waals surface area contributed by atoms with Gasteiger partial charge in [0.05, 0.1) is 12.2 Å². The van der Waals surface area contributed by atoms with Crippen LogP contribution in [0, 0.1) is 5.41 Å². The molecule has 0 amide bonds. The highest BCUT2D eigenvalue weighted by molar-refractivity contribution is 7.61. The first kappa shape index (κ1) is 24.5. The minimum absolute atomic E-state index is 0.0998. The molecule has 1 fully saturated rings. The standard InChI is InChI=1S/C12H22Cl4O7P2/c13-6-1-11(2-7-14)5-10-21-25(20,23-24(17,18)19)22-12(11,3-8-15)4-9-16/h1-10H2,(H2,17,18,19). The van der Waals surface area contributed by atoms with Gasteiger partial charge in [0.25, 0.3) is 0 Å². The minimum Gasteiger partial charge on any atom is -0.302 e. The van der Waals surface area contributed by atoms with Crippen molar-refractivity contribution in [3.8, 4) is 0 Å². The summed E-state index contributed by atoms with van der Waals surface area (Å²) >= 11 is 23.9. The van der Waals surface area contributed by atoms with Crippen molar-refractivity contribution in [2.45, 2.75) is 37.7 Å². The largest absolute Gasteiger partial charge is 0.484 e. The number of rotatable bonds is 10.